The predicted octanol–water partition coefficient (Wildman–Crippen LogP) is 4.32. The van der Waals surface area contributed by atoms with Crippen molar-refractivity contribution in [2.24, 2.45) is 0 Å². The highest BCUT2D eigenvalue weighted by atomic mass is 32.2. The number of nitrogens with zero attached hydrogens (tertiary/aromatic N) is 5. The summed E-state index contributed by atoms with van der Waals surface area (Å²) in [6, 6.07) is 12.5. The third-order valence-corrected chi connectivity index (χ3v) is 8.33. The van der Waals surface area contributed by atoms with Gasteiger partial charge in [0, 0.05) is 41.7 Å². The molecule has 3 heterocycles. The molecule has 14 heteroatoms. The minimum absolute atomic E-state index is 0.0171. The minimum Gasteiger partial charge on any atom is -0.382 e. The number of alkyl halides is 3. The zero-order valence-corrected chi connectivity index (χ0v) is 24.7. The fourth-order valence-corrected chi connectivity index (χ4v) is 6.09. The molecule has 4 aromatic rings. The normalized spacial score (nSPS) is 13.7. The van der Waals surface area contributed by atoms with Gasteiger partial charge in [-0.3, -0.25) is 9.78 Å². The monoisotopic (exact) mass is 618 g/mol. The van der Waals surface area contributed by atoms with Crippen molar-refractivity contribution in [2.45, 2.75) is 62.7 Å². The van der Waals surface area contributed by atoms with Gasteiger partial charge in [-0.2, -0.15) is 22.8 Å². The Balaban J connectivity index is 1.72. The van der Waals surface area contributed by atoms with E-state index in [1.807, 2.05) is 42.5 Å². The quantitative estimate of drug-likeness (QED) is 0.253. The van der Waals surface area contributed by atoms with Crippen LogP contribution < -0.4 is 5.73 Å². The lowest BCUT2D eigenvalue weighted by Gasteiger charge is -2.33. The molecule has 0 saturated heterocycles. The molecule has 4 rings (SSSR count). The van der Waals surface area contributed by atoms with Gasteiger partial charge in [0.25, 0.3) is 5.91 Å². The number of aryl methyl sites for hydroxylation is 1. The van der Waals surface area contributed by atoms with Crippen molar-refractivity contribution in [1.82, 2.24) is 24.5 Å². The largest absolute Gasteiger partial charge is 0.423 e. The summed E-state index contributed by atoms with van der Waals surface area (Å²) in [5, 5.41) is 13.9. The standard InChI is InChI=1S/C29H33F3N6O4S/c1-4-15-37(28(40)25(39)29(30,31)32)20(5-2)12-14-23-24(43(3,41)42)26(33)38-27(36-23)21(17-35-38)19-11-13-22(34-16-19)18-9-7-6-8-10-18/h6-11,13,16-17,20,25,39H,4-5,12,14-15,33H2,1-3H3/t20-,25?/m1/s1. The SMILES string of the molecule is CCCN(C(=O)C(O)C(F)(F)F)[C@H](CC)CCc1nc2c(-c3ccc(-c4ccccc4)nc3)cnn2c(N)c1S(C)(=O)=O. The molecule has 0 fully saturated rings. The molecule has 1 amide bonds. The zero-order chi connectivity index (χ0) is 31.5. The molecule has 3 aromatic heterocycles. The molecule has 0 aliphatic heterocycles. The number of pyridine rings is 1. The number of fused-ring (bicyclic) bond motifs is 1. The van der Waals surface area contributed by atoms with Crippen molar-refractivity contribution >= 4 is 27.2 Å². The Labute approximate surface area is 247 Å². The fourth-order valence-electron chi connectivity index (χ4n) is 5.05. The number of carbonyl (C=O) groups is 1. The number of nitrogen functional groups attached to an aromatic ring is 1. The van der Waals surface area contributed by atoms with Gasteiger partial charge in [0.2, 0.25) is 6.10 Å². The molecule has 0 radical (unpaired) electrons. The van der Waals surface area contributed by atoms with E-state index in [2.05, 4.69) is 15.1 Å². The number of halogens is 3. The van der Waals surface area contributed by atoms with Crippen LogP contribution in [0.3, 0.4) is 0 Å². The summed E-state index contributed by atoms with van der Waals surface area (Å²) in [6.45, 7) is 3.38. The van der Waals surface area contributed by atoms with E-state index in [-0.39, 0.29) is 47.9 Å². The summed E-state index contributed by atoms with van der Waals surface area (Å²) in [6.07, 6.45) is -3.46. The molecule has 0 aliphatic rings. The van der Waals surface area contributed by atoms with E-state index in [0.717, 1.165) is 22.4 Å². The summed E-state index contributed by atoms with van der Waals surface area (Å²) in [5.41, 5.74) is 9.58. The number of aliphatic hydroxyl groups excluding tert-OH is 1. The van der Waals surface area contributed by atoms with Gasteiger partial charge in [-0.15, -0.1) is 0 Å². The van der Waals surface area contributed by atoms with Crippen LogP contribution in [-0.2, 0) is 21.1 Å². The number of benzene rings is 1. The first-order valence-corrected chi connectivity index (χ1v) is 15.6. The van der Waals surface area contributed by atoms with E-state index in [4.69, 9.17) is 5.73 Å². The van der Waals surface area contributed by atoms with Crippen LogP contribution in [0.5, 0.6) is 0 Å². The number of hydrogen-bond donors (Lipinski definition) is 2. The molecule has 1 aromatic carbocycles. The number of aliphatic hydroxyl groups is 1. The Morgan fingerprint density at radius 1 is 1.09 bits per heavy atom. The maximum Gasteiger partial charge on any atom is 0.423 e. The Bertz CT molecular complexity index is 1690. The van der Waals surface area contributed by atoms with E-state index in [1.54, 1.807) is 20.0 Å². The van der Waals surface area contributed by atoms with Gasteiger partial charge in [0.1, 0.15) is 10.7 Å². The van der Waals surface area contributed by atoms with Crippen LogP contribution in [0.1, 0.15) is 38.8 Å². The average Bonchev–Trinajstić information content (AvgIpc) is 3.40. The number of carbonyl (C=O) groups excluding carboxylic acids is 1. The minimum atomic E-state index is -5.11. The second-order valence-corrected chi connectivity index (χ2v) is 12.2. The van der Waals surface area contributed by atoms with E-state index in [9.17, 15) is 31.5 Å². The van der Waals surface area contributed by atoms with Crippen LogP contribution in [0, 0.1) is 0 Å². The Hall–Kier alpha value is -4.04. The maximum absolute atomic E-state index is 13.2. The van der Waals surface area contributed by atoms with Gasteiger partial charge in [-0.1, -0.05) is 50.2 Å². The lowest BCUT2D eigenvalue weighted by atomic mass is 10.0. The van der Waals surface area contributed by atoms with Gasteiger partial charge >= 0.3 is 6.18 Å². The number of anilines is 1. The molecular formula is C29H33F3N6O4S. The number of rotatable bonds is 11. The first kappa shape index (κ1) is 31.9. The van der Waals surface area contributed by atoms with Crippen molar-refractivity contribution in [3.8, 4) is 22.4 Å². The molecule has 1 unspecified atom stereocenters. The lowest BCUT2D eigenvalue weighted by molar-refractivity contribution is -0.211. The topological polar surface area (TPSA) is 144 Å². The number of hydrogen-bond acceptors (Lipinski definition) is 8. The van der Waals surface area contributed by atoms with Crippen LogP contribution in [0.2, 0.25) is 0 Å². The van der Waals surface area contributed by atoms with Crippen molar-refractivity contribution in [1.29, 1.82) is 0 Å². The van der Waals surface area contributed by atoms with E-state index in [1.165, 1.54) is 10.7 Å². The van der Waals surface area contributed by atoms with Gasteiger partial charge in [-0.25, -0.2) is 13.4 Å². The van der Waals surface area contributed by atoms with Crippen molar-refractivity contribution in [3.05, 3.63) is 60.6 Å². The van der Waals surface area contributed by atoms with Crippen LogP contribution in [0.4, 0.5) is 19.0 Å². The highest BCUT2D eigenvalue weighted by Crippen LogP contribution is 2.31. The molecule has 0 saturated carbocycles. The van der Waals surface area contributed by atoms with E-state index < -0.39 is 34.1 Å². The second kappa shape index (κ2) is 12.7. The Morgan fingerprint density at radius 3 is 2.35 bits per heavy atom. The smallest absolute Gasteiger partial charge is 0.382 e. The second-order valence-electron chi connectivity index (χ2n) is 10.2. The third-order valence-electron chi connectivity index (χ3n) is 7.14. The number of sulfone groups is 1. The van der Waals surface area contributed by atoms with Crippen molar-refractivity contribution < 1.29 is 31.5 Å². The summed E-state index contributed by atoms with van der Waals surface area (Å²) in [5.74, 6) is -1.61. The zero-order valence-electron chi connectivity index (χ0n) is 23.9. The number of amides is 1. The maximum atomic E-state index is 13.2. The van der Waals surface area contributed by atoms with E-state index in [0.29, 0.717) is 17.5 Å². The van der Waals surface area contributed by atoms with Gasteiger partial charge in [0.15, 0.2) is 15.5 Å². The summed E-state index contributed by atoms with van der Waals surface area (Å²) in [4.78, 5) is 22.6. The summed E-state index contributed by atoms with van der Waals surface area (Å²) < 4.78 is 66.3. The molecule has 0 aliphatic carbocycles. The Kier molecular flexibility index (Phi) is 9.40. The summed E-state index contributed by atoms with van der Waals surface area (Å²) in [7, 11) is -3.91. The molecule has 0 bridgehead atoms. The molecule has 230 valence electrons. The van der Waals surface area contributed by atoms with E-state index >= 15 is 0 Å². The molecule has 0 spiro atoms. The lowest BCUT2D eigenvalue weighted by Crippen LogP contribution is -2.50. The molecule has 43 heavy (non-hydrogen) atoms. The number of aromatic nitrogens is 4. The average molecular weight is 619 g/mol. The molecular weight excluding hydrogens is 585 g/mol. The van der Waals surface area contributed by atoms with Crippen LogP contribution in [-0.4, -0.2) is 75.0 Å². The molecule has 2 atom stereocenters. The van der Waals surface area contributed by atoms with Crippen LogP contribution in [0.25, 0.3) is 28.0 Å². The van der Waals surface area contributed by atoms with Crippen molar-refractivity contribution in [2.75, 3.05) is 18.5 Å². The molecule has 10 nitrogen and oxygen atoms in total. The van der Waals surface area contributed by atoms with Crippen LogP contribution in [0.15, 0.2) is 59.8 Å². The predicted molar refractivity (Wildman–Crippen MR) is 156 cm³/mol. The number of nitrogens with two attached hydrogens (primary N) is 1. The van der Waals surface area contributed by atoms with Gasteiger partial charge in [-0.05, 0) is 31.7 Å². The fraction of sp³-hybridized carbons (Fsp3) is 0.379. The van der Waals surface area contributed by atoms with Crippen molar-refractivity contribution in [3.63, 3.8) is 0 Å². The van der Waals surface area contributed by atoms with Crippen LogP contribution >= 0.6 is 0 Å². The first-order valence-electron chi connectivity index (χ1n) is 13.7. The first-order chi connectivity index (χ1) is 20.3. The summed E-state index contributed by atoms with van der Waals surface area (Å²) >= 11 is 0. The molecule has 3 N–H and O–H groups in total. The highest BCUT2D eigenvalue weighted by molar-refractivity contribution is 7.91. The van der Waals surface area contributed by atoms with Gasteiger partial charge in [0.05, 0.1) is 17.6 Å². The highest BCUT2D eigenvalue weighted by Gasteiger charge is 2.46. The van der Waals surface area contributed by atoms with Gasteiger partial charge < -0.3 is 15.7 Å². The third kappa shape index (κ3) is 6.80. The Morgan fingerprint density at radius 2 is 1.79 bits per heavy atom.